The minimum atomic E-state index is -0.150. The summed E-state index contributed by atoms with van der Waals surface area (Å²) in [5.41, 5.74) is 5.71. The number of aliphatic hydroxyl groups excluding tert-OH is 1. The van der Waals surface area contributed by atoms with E-state index in [1.165, 1.54) is 0 Å². The zero-order chi connectivity index (χ0) is 8.27. The van der Waals surface area contributed by atoms with Crippen molar-refractivity contribution >= 4 is 7.28 Å². The van der Waals surface area contributed by atoms with Crippen LogP contribution in [0.5, 0.6) is 0 Å². The molecule has 1 heterocycles. The zero-order valence-corrected chi connectivity index (χ0v) is 6.86. The quantitative estimate of drug-likeness (QED) is 0.544. The molecule has 0 aromatic heterocycles. The van der Waals surface area contributed by atoms with E-state index in [0.29, 0.717) is 0 Å². The van der Waals surface area contributed by atoms with E-state index in [1.54, 1.807) is 0 Å². The van der Waals surface area contributed by atoms with Gasteiger partial charge in [0.1, 0.15) is 7.28 Å². The Morgan fingerprint density at radius 3 is 2.91 bits per heavy atom. The first-order valence-corrected chi connectivity index (χ1v) is 4.13. The van der Waals surface area contributed by atoms with Crippen LogP contribution in [-0.4, -0.2) is 37.1 Å². The van der Waals surface area contributed by atoms with E-state index in [-0.39, 0.29) is 24.8 Å². The van der Waals surface area contributed by atoms with Crippen molar-refractivity contribution in [3.05, 3.63) is 0 Å². The van der Waals surface area contributed by atoms with Crippen molar-refractivity contribution in [1.82, 2.24) is 0 Å². The van der Waals surface area contributed by atoms with Crippen molar-refractivity contribution in [3.63, 3.8) is 0 Å². The third-order valence-corrected chi connectivity index (χ3v) is 2.01. The normalized spacial score (nSPS) is 37.5. The number of hydrogen-bond acceptors (Lipinski definition) is 3. The third kappa shape index (κ3) is 2.19. The average Bonchev–Trinajstić information content (AvgIpc) is 2.32. The lowest BCUT2D eigenvalue weighted by molar-refractivity contribution is 0.0366. The molecule has 4 heteroatoms. The Labute approximate surface area is 68.2 Å². The van der Waals surface area contributed by atoms with Gasteiger partial charge in [-0.1, -0.05) is 13.2 Å². The monoisotopic (exact) mass is 156 g/mol. The highest BCUT2D eigenvalue weighted by Gasteiger charge is 2.31. The lowest BCUT2D eigenvalue weighted by Crippen LogP contribution is -2.32. The van der Waals surface area contributed by atoms with E-state index in [1.807, 2.05) is 0 Å². The Kier molecular flexibility index (Phi) is 3.36. The molecule has 1 fully saturated rings. The van der Waals surface area contributed by atoms with Crippen LogP contribution >= 0.6 is 0 Å². The highest BCUT2D eigenvalue weighted by atomic mass is 16.5. The van der Waals surface area contributed by atoms with Crippen LogP contribution in [0.3, 0.4) is 0 Å². The Bertz CT molecular complexity index is 123. The van der Waals surface area contributed by atoms with Gasteiger partial charge in [0.15, 0.2) is 0 Å². The van der Waals surface area contributed by atoms with Gasteiger partial charge in [0.05, 0.1) is 12.7 Å². The van der Waals surface area contributed by atoms with Gasteiger partial charge in [-0.25, -0.2) is 0 Å². The van der Waals surface area contributed by atoms with Crippen molar-refractivity contribution in [2.45, 2.75) is 37.8 Å². The minimum Gasteiger partial charge on any atom is -0.394 e. The molecule has 3 nitrogen and oxygen atoms in total. The fourth-order valence-corrected chi connectivity index (χ4v) is 1.39. The van der Waals surface area contributed by atoms with Crippen LogP contribution in [0, 0.1) is 0 Å². The number of aliphatic hydroxyl groups is 1. The largest absolute Gasteiger partial charge is 0.394 e. The Morgan fingerprint density at radius 2 is 2.45 bits per heavy atom. The van der Waals surface area contributed by atoms with E-state index >= 15 is 0 Å². The van der Waals surface area contributed by atoms with Gasteiger partial charge in [0.2, 0.25) is 0 Å². The second-order valence-electron chi connectivity index (χ2n) is 2.94. The van der Waals surface area contributed by atoms with Crippen molar-refractivity contribution < 1.29 is 9.84 Å². The molecule has 1 radical (unpaired) electrons. The summed E-state index contributed by atoms with van der Waals surface area (Å²) in [4.78, 5) is 0. The molecule has 3 unspecified atom stereocenters. The molecule has 1 aliphatic heterocycles. The van der Waals surface area contributed by atoms with Crippen molar-refractivity contribution in [2.24, 2.45) is 5.73 Å². The molecular formula is C7H15BNO2. The van der Waals surface area contributed by atoms with Gasteiger partial charge >= 0.3 is 0 Å². The topological polar surface area (TPSA) is 55.5 Å². The van der Waals surface area contributed by atoms with E-state index < -0.39 is 0 Å². The first kappa shape index (κ1) is 9.04. The molecule has 11 heavy (non-hydrogen) atoms. The van der Waals surface area contributed by atoms with Gasteiger partial charge in [-0.15, -0.1) is 0 Å². The van der Waals surface area contributed by atoms with Gasteiger partial charge in [-0.05, 0) is 6.42 Å². The fraction of sp³-hybridized carbons (Fsp3) is 1.00. The predicted octanol–water partition coefficient (Wildman–Crippen LogP) is -0.437. The van der Waals surface area contributed by atoms with Crippen LogP contribution < -0.4 is 5.73 Å². The van der Waals surface area contributed by atoms with Gasteiger partial charge in [0, 0.05) is 12.0 Å². The summed E-state index contributed by atoms with van der Waals surface area (Å²) in [6.07, 6.45) is 1.69. The van der Waals surface area contributed by atoms with Crippen LogP contribution in [0.2, 0.25) is 6.32 Å². The molecule has 3 N–H and O–H groups in total. The third-order valence-electron chi connectivity index (χ3n) is 2.01. The number of nitrogens with two attached hydrogens (primary N) is 1. The maximum absolute atomic E-state index is 8.80. The molecule has 1 saturated heterocycles. The molecule has 63 valence electrons. The smallest absolute Gasteiger partial charge is 0.149 e. The van der Waals surface area contributed by atoms with E-state index in [4.69, 9.17) is 15.6 Å². The molecular weight excluding hydrogens is 141 g/mol. The highest BCUT2D eigenvalue weighted by Crippen LogP contribution is 2.18. The van der Waals surface area contributed by atoms with E-state index in [0.717, 1.165) is 12.7 Å². The SMILES string of the molecule is CC[B]C1CC(N)C(CO)O1. The predicted molar refractivity (Wildman–Crippen MR) is 44.6 cm³/mol. The summed E-state index contributed by atoms with van der Waals surface area (Å²) in [7, 11) is 2.09. The summed E-state index contributed by atoms with van der Waals surface area (Å²) in [5.74, 6) is 0. The highest BCUT2D eigenvalue weighted by molar-refractivity contribution is 6.37. The molecule has 0 aromatic rings. The Morgan fingerprint density at radius 1 is 1.73 bits per heavy atom. The lowest BCUT2D eigenvalue weighted by atomic mass is 9.68. The first-order valence-electron chi connectivity index (χ1n) is 4.13. The van der Waals surface area contributed by atoms with Crippen LogP contribution in [-0.2, 0) is 4.74 Å². The van der Waals surface area contributed by atoms with Gasteiger partial charge in [-0.2, -0.15) is 0 Å². The Balaban J connectivity index is 2.30. The Hall–Kier alpha value is -0.0551. The maximum Gasteiger partial charge on any atom is 0.149 e. The summed E-state index contributed by atoms with van der Waals surface area (Å²) in [5, 5.41) is 8.80. The maximum atomic E-state index is 8.80. The number of hydrogen-bond donors (Lipinski definition) is 2. The molecule has 1 rings (SSSR count). The van der Waals surface area contributed by atoms with Gasteiger partial charge < -0.3 is 15.6 Å². The fourth-order valence-electron chi connectivity index (χ4n) is 1.39. The molecule has 0 bridgehead atoms. The van der Waals surface area contributed by atoms with Crippen molar-refractivity contribution in [2.75, 3.05) is 6.61 Å². The minimum absolute atomic E-state index is 0.00722. The van der Waals surface area contributed by atoms with Gasteiger partial charge in [-0.3, -0.25) is 0 Å². The van der Waals surface area contributed by atoms with Crippen LogP contribution in [0.25, 0.3) is 0 Å². The second kappa shape index (κ2) is 4.09. The molecule has 0 aromatic carbocycles. The molecule has 3 atom stereocenters. The van der Waals surface area contributed by atoms with Gasteiger partial charge in [0.25, 0.3) is 0 Å². The van der Waals surface area contributed by atoms with E-state index in [9.17, 15) is 0 Å². The van der Waals surface area contributed by atoms with Crippen LogP contribution in [0.1, 0.15) is 13.3 Å². The standard InChI is InChI=1S/C7H15BNO2/c1-2-8-7-3-5(9)6(4-10)11-7/h5-7,10H,2-4,9H2,1H3. The van der Waals surface area contributed by atoms with Crippen LogP contribution in [0.4, 0.5) is 0 Å². The van der Waals surface area contributed by atoms with Crippen molar-refractivity contribution in [1.29, 1.82) is 0 Å². The molecule has 0 aliphatic carbocycles. The summed E-state index contributed by atoms with van der Waals surface area (Å²) >= 11 is 0. The molecule has 1 aliphatic rings. The summed E-state index contributed by atoms with van der Waals surface area (Å²) < 4.78 is 5.43. The zero-order valence-electron chi connectivity index (χ0n) is 6.86. The molecule has 0 spiro atoms. The van der Waals surface area contributed by atoms with Crippen LogP contribution in [0.15, 0.2) is 0 Å². The number of ether oxygens (including phenoxy) is 1. The van der Waals surface area contributed by atoms with Crippen molar-refractivity contribution in [3.8, 4) is 0 Å². The lowest BCUT2D eigenvalue weighted by Gasteiger charge is -2.11. The summed E-state index contributed by atoms with van der Waals surface area (Å²) in [6, 6.07) is 0.167. The molecule has 0 amide bonds. The summed E-state index contributed by atoms with van der Waals surface area (Å²) in [6.45, 7) is 2.11. The number of rotatable bonds is 3. The average molecular weight is 156 g/mol. The van der Waals surface area contributed by atoms with E-state index in [2.05, 4.69) is 14.2 Å². The first-order chi connectivity index (χ1) is 5.27. The second-order valence-corrected chi connectivity index (χ2v) is 2.94. The molecule has 0 saturated carbocycles.